The van der Waals surface area contributed by atoms with Gasteiger partial charge in [0.2, 0.25) is 0 Å². The van der Waals surface area contributed by atoms with Crippen molar-refractivity contribution < 1.29 is 17.0 Å². The highest BCUT2D eigenvalue weighted by Gasteiger charge is 2.07. The van der Waals surface area contributed by atoms with Crippen LogP contribution >= 0.6 is 0 Å². The minimum absolute atomic E-state index is 0. The van der Waals surface area contributed by atoms with Gasteiger partial charge in [-0.25, -0.2) is 0 Å². The first-order valence-electron chi connectivity index (χ1n) is 5.10. The zero-order chi connectivity index (χ0) is 10.4. The molecule has 0 fully saturated rings. The molecule has 0 unspecified atom stereocenters. The van der Waals surface area contributed by atoms with Crippen LogP contribution in [0.5, 0.6) is 0 Å². The summed E-state index contributed by atoms with van der Waals surface area (Å²) in [6.45, 7) is 4.09. The van der Waals surface area contributed by atoms with Gasteiger partial charge >= 0.3 is 0 Å². The quantitative estimate of drug-likeness (QED) is 0.630. The summed E-state index contributed by atoms with van der Waals surface area (Å²) in [6, 6.07) is 10.5. The van der Waals surface area contributed by atoms with Crippen LogP contribution in [0.2, 0.25) is 0 Å². The van der Waals surface area contributed by atoms with Crippen molar-refractivity contribution in [3.8, 4) is 0 Å². The molecule has 0 saturated heterocycles. The first kappa shape index (κ1) is 11.1. The lowest BCUT2D eigenvalue weighted by Gasteiger charge is -1.98. The van der Waals surface area contributed by atoms with Crippen LogP contribution in [0.1, 0.15) is 11.4 Å². The van der Waals surface area contributed by atoms with Crippen molar-refractivity contribution in [1.29, 1.82) is 0 Å². The lowest BCUT2D eigenvalue weighted by atomic mass is 10.1. The lowest BCUT2D eigenvalue weighted by molar-refractivity contribution is -0.00000326. The highest BCUT2D eigenvalue weighted by molar-refractivity contribution is 6.08. The smallest absolute Gasteiger partial charge is 0.0501 e. The predicted molar refractivity (Wildman–Crippen MR) is 63.1 cm³/mol. The van der Waals surface area contributed by atoms with E-state index in [4.69, 9.17) is 0 Å². The van der Waals surface area contributed by atoms with E-state index in [-0.39, 0.29) is 17.0 Å². The summed E-state index contributed by atoms with van der Waals surface area (Å²) < 4.78 is 0. The van der Waals surface area contributed by atoms with Crippen molar-refractivity contribution in [2.45, 2.75) is 13.8 Å². The Bertz CT molecular complexity index is 655. The van der Waals surface area contributed by atoms with Crippen LogP contribution in [0.25, 0.3) is 21.8 Å². The summed E-state index contributed by atoms with van der Waals surface area (Å²) in [4.78, 5) is 7.92. The number of halogens is 1. The number of para-hydroxylation sites is 1. The fourth-order valence-electron chi connectivity index (χ4n) is 2.22. The Balaban J connectivity index is 0.000000963. The number of benzene rings is 1. The third-order valence-electron chi connectivity index (χ3n) is 2.79. The fourth-order valence-corrected chi connectivity index (χ4v) is 2.22. The fraction of sp³-hybridized carbons (Fsp3) is 0.154. The number of rotatable bonds is 0. The zero-order valence-corrected chi connectivity index (χ0v) is 10.8. The number of hydrogen-bond donors (Lipinski definition) is 1. The second kappa shape index (κ2) is 3.91. The standard InChI is InChI=1S/C13H12N2.BrH/c1-8-7-12-13(9(2)14-8)10-5-3-4-6-11(10)15-12;/h3-7,15H,1-2H3;1H/p-1. The van der Waals surface area contributed by atoms with E-state index in [2.05, 4.69) is 41.2 Å². The maximum atomic E-state index is 4.50. The van der Waals surface area contributed by atoms with Gasteiger partial charge in [0.15, 0.2) is 0 Å². The average Bonchev–Trinajstić information content (AvgIpc) is 2.54. The number of aromatic nitrogens is 2. The van der Waals surface area contributed by atoms with Gasteiger partial charge in [0.25, 0.3) is 0 Å². The van der Waals surface area contributed by atoms with E-state index < -0.39 is 0 Å². The van der Waals surface area contributed by atoms with Gasteiger partial charge in [-0.05, 0) is 26.0 Å². The highest BCUT2D eigenvalue weighted by atomic mass is 79.9. The molecule has 0 saturated carbocycles. The summed E-state index contributed by atoms with van der Waals surface area (Å²) in [7, 11) is 0. The first-order valence-corrected chi connectivity index (χ1v) is 5.10. The third-order valence-corrected chi connectivity index (χ3v) is 2.79. The maximum Gasteiger partial charge on any atom is 0.0501 e. The number of nitrogens with zero attached hydrogens (tertiary/aromatic N) is 1. The SMILES string of the molecule is Cc1cc2[nH]c3ccccc3c2c(C)n1.[Br-]. The van der Waals surface area contributed by atoms with Gasteiger partial charge in [-0.3, -0.25) is 4.98 Å². The van der Waals surface area contributed by atoms with E-state index in [1.807, 2.05) is 13.0 Å². The largest absolute Gasteiger partial charge is 1.00 e. The van der Waals surface area contributed by atoms with Crippen molar-refractivity contribution >= 4 is 21.8 Å². The summed E-state index contributed by atoms with van der Waals surface area (Å²) in [5, 5.41) is 2.51. The molecule has 1 aromatic carbocycles. The Hall–Kier alpha value is -1.35. The minimum atomic E-state index is 0. The molecule has 0 atom stereocenters. The van der Waals surface area contributed by atoms with Crippen LogP contribution in [0.15, 0.2) is 30.3 Å². The third kappa shape index (κ3) is 1.52. The molecule has 0 spiro atoms. The maximum absolute atomic E-state index is 4.50. The Morgan fingerprint density at radius 1 is 1.06 bits per heavy atom. The van der Waals surface area contributed by atoms with Crippen LogP contribution in [0.3, 0.4) is 0 Å². The Morgan fingerprint density at radius 2 is 1.81 bits per heavy atom. The van der Waals surface area contributed by atoms with E-state index in [0.29, 0.717) is 0 Å². The number of hydrogen-bond acceptors (Lipinski definition) is 1. The molecular formula is C13H12BrN2-. The van der Waals surface area contributed by atoms with Gasteiger partial charge in [0.05, 0.1) is 5.52 Å². The zero-order valence-electron chi connectivity index (χ0n) is 9.21. The van der Waals surface area contributed by atoms with Gasteiger partial charge in [0, 0.05) is 27.7 Å². The van der Waals surface area contributed by atoms with E-state index >= 15 is 0 Å². The molecular weight excluding hydrogens is 264 g/mol. The molecule has 1 N–H and O–H groups in total. The number of aryl methyl sites for hydroxylation is 2. The summed E-state index contributed by atoms with van der Waals surface area (Å²) in [5.41, 5.74) is 4.53. The molecule has 0 aliphatic carbocycles. The monoisotopic (exact) mass is 275 g/mol. The molecule has 2 nitrogen and oxygen atoms in total. The second-order valence-electron chi connectivity index (χ2n) is 3.94. The van der Waals surface area contributed by atoms with Crippen LogP contribution in [0, 0.1) is 13.8 Å². The summed E-state index contributed by atoms with van der Waals surface area (Å²) in [5.74, 6) is 0. The van der Waals surface area contributed by atoms with Gasteiger partial charge in [0.1, 0.15) is 0 Å². The van der Waals surface area contributed by atoms with Gasteiger partial charge in [-0.1, -0.05) is 18.2 Å². The van der Waals surface area contributed by atoms with Crippen LogP contribution in [0.4, 0.5) is 0 Å². The van der Waals surface area contributed by atoms with Gasteiger partial charge < -0.3 is 22.0 Å². The number of pyridine rings is 1. The molecule has 2 heterocycles. The molecule has 0 amide bonds. The lowest BCUT2D eigenvalue weighted by Crippen LogP contribution is -3.00. The van der Waals surface area contributed by atoms with Crippen molar-refractivity contribution in [3.63, 3.8) is 0 Å². The molecule has 0 aliphatic rings. The normalized spacial score (nSPS) is 10.6. The van der Waals surface area contributed by atoms with Crippen LogP contribution in [-0.4, -0.2) is 9.97 Å². The van der Waals surface area contributed by atoms with Crippen LogP contribution < -0.4 is 17.0 Å². The number of nitrogens with one attached hydrogen (secondary N) is 1. The first-order chi connectivity index (χ1) is 7.25. The summed E-state index contributed by atoms with van der Waals surface area (Å²) in [6.07, 6.45) is 0. The topological polar surface area (TPSA) is 28.7 Å². The molecule has 82 valence electrons. The van der Waals surface area contributed by atoms with Crippen molar-refractivity contribution in [2.24, 2.45) is 0 Å². The number of H-pyrrole nitrogens is 1. The van der Waals surface area contributed by atoms with E-state index in [1.54, 1.807) is 0 Å². The molecule has 0 bridgehead atoms. The molecule has 3 heteroatoms. The molecule has 3 aromatic rings. The van der Waals surface area contributed by atoms with E-state index in [1.165, 1.54) is 21.8 Å². The van der Waals surface area contributed by atoms with E-state index in [0.717, 1.165) is 11.4 Å². The van der Waals surface area contributed by atoms with Crippen LogP contribution in [-0.2, 0) is 0 Å². The molecule has 0 radical (unpaired) electrons. The van der Waals surface area contributed by atoms with E-state index in [9.17, 15) is 0 Å². The molecule has 0 aliphatic heterocycles. The van der Waals surface area contributed by atoms with Gasteiger partial charge in [-0.2, -0.15) is 0 Å². The van der Waals surface area contributed by atoms with Gasteiger partial charge in [-0.15, -0.1) is 0 Å². The molecule has 3 rings (SSSR count). The number of fused-ring (bicyclic) bond motifs is 3. The molecule has 16 heavy (non-hydrogen) atoms. The van der Waals surface area contributed by atoms with Crippen molar-refractivity contribution in [2.75, 3.05) is 0 Å². The minimum Gasteiger partial charge on any atom is -1.00 e. The summed E-state index contributed by atoms with van der Waals surface area (Å²) >= 11 is 0. The Labute approximate surface area is 104 Å². The second-order valence-corrected chi connectivity index (χ2v) is 3.94. The highest BCUT2D eigenvalue weighted by Crippen LogP contribution is 2.27. The average molecular weight is 276 g/mol. The van der Waals surface area contributed by atoms with Crippen molar-refractivity contribution in [3.05, 3.63) is 41.7 Å². The van der Waals surface area contributed by atoms with Crippen molar-refractivity contribution in [1.82, 2.24) is 9.97 Å². The predicted octanol–water partition coefficient (Wildman–Crippen LogP) is 0.337. The Kier molecular flexibility index (Phi) is 2.72. The molecule has 2 aromatic heterocycles. The Morgan fingerprint density at radius 3 is 2.62 bits per heavy atom. The number of aromatic amines is 1.